The van der Waals surface area contributed by atoms with Crippen LogP contribution in [0.1, 0.15) is 18.7 Å². The zero-order valence-corrected chi connectivity index (χ0v) is 12.7. The Hall–Kier alpha value is -2.41. The highest BCUT2D eigenvalue weighted by Gasteiger charge is 2.14. The van der Waals surface area contributed by atoms with Crippen molar-refractivity contribution in [2.75, 3.05) is 20.3 Å². The standard InChI is InChI=1S/C15H19N5O2/c1-10-18-19-14-15(22-8-4-3-7-16)17-12-9-11(21-2)5-6-13(12)20(10)14/h5-6,9H,3-4,7-8,16H2,1-2H3. The minimum atomic E-state index is 0.485. The van der Waals surface area contributed by atoms with E-state index in [1.807, 2.05) is 29.5 Å². The summed E-state index contributed by atoms with van der Waals surface area (Å²) in [5, 5.41) is 8.31. The predicted octanol–water partition coefficient (Wildman–Crippen LogP) is 1.71. The van der Waals surface area contributed by atoms with E-state index >= 15 is 0 Å². The van der Waals surface area contributed by atoms with E-state index in [4.69, 9.17) is 15.2 Å². The third-order valence-electron chi connectivity index (χ3n) is 3.50. The fourth-order valence-corrected chi connectivity index (χ4v) is 2.37. The molecule has 0 saturated heterocycles. The van der Waals surface area contributed by atoms with Gasteiger partial charge in [-0.3, -0.25) is 4.40 Å². The fraction of sp³-hybridized carbons (Fsp3) is 0.400. The van der Waals surface area contributed by atoms with Gasteiger partial charge in [0.2, 0.25) is 5.65 Å². The van der Waals surface area contributed by atoms with Crippen molar-refractivity contribution in [3.05, 3.63) is 24.0 Å². The van der Waals surface area contributed by atoms with Gasteiger partial charge in [-0.2, -0.15) is 0 Å². The van der Waals surface area contributed by atoms with Crippen LogP contribution in [-0.2, 0) is 0 Å². The molecule has 0 aliphatic rings. The molecule has 2 aromatic heterocycles. The summed E-state index contributed by atoms with van der Waals surface area (Å²) in [5.41, 5.74) is 7.83. The Morgan fingerprint density at radius 2 is 2.09 bits per heavy atom. The maximum atomic E-state index is 5.79. The summed E-state index contributed by atoms with van der Waals surface area (Å²) >= 11 is 0. The van der Waals surface area contributed by atoms with Crippen molar-refractivity contribution < 1.29 is 9.47 Å². The van der Waals surface area contributed by atoms with E-state index in [9.17, 15) is 0 Å². The Morgan fingerprint density at radius 1 is 1.23 bits per heavy atom. The monoisotopic (exact) mass is 301 g/mol. The zero-order valence-electron chi connectivity index (χ0n) is 12.7. The lowest BCUT2D eigenvalue weighted by molar-refractivity contribution is 0.299. The molecule has 7 heteroatoms. The molecule has 0 fully saturated rings. The Balaban J connectivity index is 2.08. The molecule has 116 valence electrons. The molecule has 0 aliphatic carbocycles. The number of methoxy groups -OCH3 is 1. The first-order chi connectivity index (χ1) is 10.7. The number of ether oxygens (including phenoxy) is 2. The Morgan fingerprint density at radius 3 is 2.86 bits per heavy atom. The summed E-state index contributed by atoms with van der Waals surface area (Å²) < 4.78 is 13.0. The highest BCUT2D eigenvalue weighted by molar-refractivity contribution is 5.81. The van der Waals surface area contributed by atoms with Crippen LogP contribution in [-0.4, -0.2) is 39.8 Å². The maximum absolute atomic E-state index is 5.79. The predicted molar refractivity (Wildman–Crippen MR) is 83.4 cm³/mol. The zero-order chi connectivity index (χ0) is 15.5. The number of rotatable bonds is 6. The van der Waals surface area contributed by atoms with Crippen LogP contribution in [0.25, 0.3) is 16.7 Å². The average molecular weight is 301 g/mol. The SMILES string of the molecule is COc1ccc2c(c1)nc(OCCCCN)c1nnc(C)n12. The van der Waals surface area contributed by atoms with Gasteiger partial charge in [0.15, 0.2) is 0 Å². The third kappa shape index (κ3) is 2.55. The van der Waals surface area contributed by atoms with Gasteiger partial charge in [0.05, 0.1) is 24.8 Å². The molecule has 0 radical (unpaired) electrons. The van der Waals surface area contributed by atoms with Crippen molar-refractivity contribution in [1.29, 1.82) is 0 Å². The molecular weight excluding hydrogens is 282 g/mol. The molecule has 3 aromatic rings. The van der Waals surface area contributed by atoms with Gasteiger partial charge < -0.3 is 15.2 Å². The number of aromatic nitrogens is 4. The van der Waals surface area contributed by atoms with Crippen molar-refractivity contribution in [2.45, 2.75) is 19.8 Å². The lowest BCUT2D eigenvalue weighted by Gasteiger charge is -2.10. The van der Waals surface area contributed by atoms with Crippen molar-refractivity contribution in [3.8, 4) is 11.6 Å². The van der Waals surface area contributed by atoms with Crippen LogP contribution in [0.4, 0.5) is 0 Å². The molecular formula is C15H19N5O2. The normalized spacial score (nSPS) is 11.2. The molecule has 0 aliphatic heterocycles. The molecule has 0 amide bonds. The number of nitrogens with two attached hydrogens (primary N) is 1. The second-order valence-electron chi connectivity index (χ2n) is 5.02. The van der Waals surface area contributed by atoms with Gasteiger partial charge in [0.1, 0.15) is 11.6 Å². The van der Waals surface area contributed by atoms with E-state index in [2.05, 4.69) is 15.2 Å². The van der Waals surface area contributed by atoms with Crippen LogP contribution in [0.15, 0.2) is 18.2 Å². The second kappa shape index (κ2) is 6.15. The quantitative estimate of drug-likeness (QED) is 0.697. The van der Waals surface area contributed by atoms with Gasteiger partial charge >= 0.3 is 0 Å². The molecule has 0 unspecified atom stereocenters. The van der Waals surface area contributed by atoms with E-state index in [-0.39, 0.29) is 0 Å². The summed E-state index contributed by atoms with van der Waals surface area (Å²) in [6, 6.07) is 5.72. The average Bonchev–Trinajstić information content (AvgIpc) is 2.93. The van der Waals surface area contributed by atoms with Gasteiger partial charge in [0.25, 0.3) is 5.88 Å². The summed E-state index contributed by atoms with van der Waals surface area (Å²) in [6.07, 6.45) is 1.80. The second-order valence-corrected chi connectivity index (χ2v) is 5.02. The maximum Gasteiger partial charge on any atom is 0.260 e. The Kier molecular flexibility index (Phi) is 4.06. The smallest absolute Gasteiger partial charge is 0.260 e. The summed E-state index contributed by atoms with van der Waals surface area (Å²) in [6.45, 7) is 3.12. The topological polar surface area (TPSA) is 87.6 Å². The van der Waals surface area contributed by atoms with Gasteiger partial charge in [-0.05, 0) is 38.4 Å². The number of nitrogens with zero attached hydrogens (tertiary/aromatic N) is 4. The molecule has 2 heterocycles. The molecule has 22 heavy (non-hydrogen) atoms. The van der Waals surface area contributed by atoms with E-state index in [1.54, 1.807) is 7.11 Å². The minimum Gasteiger partial charge on any atom is -0.497 e. The molecule has 0 spiro atoms. The fourth-order valence-electron chi connectivity index (χ4n) is 2.37. The highest BCUT2D eigenvalue weighted by atomic mass is 16.5. The van der Waals surface area contributed by atoms with Crippen LogP contribution in [0.5, 0.6) is 11.6 Å². The number of unbranched alkanes of at least 4 members (excludes halogenated alkanes) is 1. The molecule has 2 N–H and O–H groups in total. The number of fused-ring (bicyclic) bond motifs is 3. The molecule has 0 saturated carbocycles. The van der Waals surface area contributed by atoms with Gasteiger partial charge in [-0.15, -0.1) is 10.2 Å². The Bertz CT molecular complexity index is 799. The van der Waals surface area contributed by atoms with E-state index in [1.165, 1.54) is 0 Å². The van der Waals surface area contributed by atoms with E-state index < -0.39 is 0 Å². The largest absolute Gasteiger partial charge is 0.497 e. The summed E-state index contributed by atoms with van der Waals surface area (Å²) in [7, 11) is 1.63. The van der Waals surface area contributed by atoms with Crippen molar-refractivity contribution >= 4 is 16.7 Å². The lowest BCUT2D eigenvalue weighted by atomic mass is 10.2. The van der Waals surface area contributed by atoms with Gasteiger partial charge in [-0.1, -0.05) is 0 Å². The van der Waals surface area contributed by atoms with Crippen molar-refractivity contribution in [2.24, 2.45) is 5.73 Å². The first-order valence-corrected chi connectivity index (χ1v) is 7.27. The van der Waals surface area contributed by atoms with Gasteiger partial charge in [0, 0.05) is 6.07 Å². The number of aryl methyl sites for hydroxylation is 1. The third-order valence-corrected chi connectivity index (χ3v) is 3.50. The van der Waals surface area contributed by atoms with Crippen LogP contribution in [0.2, 0.25) is 0 Å². The van der Waals surface area contributed by atoms with Crippen LogP contribution < -0.4 is 15.2 Å². The van der Waals surface area contributed by atoms with E-state index in [0.29, 0.717) is 24.7 Å². The molecule has 0 bridgehead atoms. The minimum absolute atomic E-state index is 0.485. The number of hydrogen-bond acceptors (Lipinski definition) is 6. The first kappa shape index (κ1) is 14.5. The molecule has 1 aromatic carbocycles. The van der Waals surface area contributed by atoms with Gasteiger partial charge in [-0.25, -0.2) is 4.98 Å². The summed E-state index contributed by atoms with van der Waals surface area (Å²) in [5.74, 6) is 2.02. The summed E-state index contributed by atoms with van der Waals surface area (Å²) in [4.78, 5) is 4.57. The number of hydrogen-bond donors (Lipinski definition) is 1. The lowest BCUT2D eigenvalue weighted by Crippen LogP contribution is -2.06. The van der Waals surface area contributed by atoms with E-state index in [0.717, 1.165) is 35.4 Å². The van der Waals surface area contributed by atoms with Crippen molar-refractivity contribution in [1.82, 2.24) is 19.6 Å². The van der Waals surface area contributed by atoms with Crippen LogP contribution in [0.3, 0.4) is 0 Å². The molecule has 3 rings (SSSR count). The highest BCUT2D eigenvalue weighted by Crippen LogP contribution is 2.26. The van der Waals surface area contributed by atoms with Crippen molar-refractivity contribution in [3.63, 3.8) is 0 Å². The first-order valence-electron chi connectivity index (χ1n) is 7.27. The van der Waals surface area contributed by atoms with Crippen LogP contribution >= 0.6 is 0 Å². The molecule has 7 nitrogen and oxygen atoms in total. The van der Waals surface area contributed by atoms with Crippen LogP contribution in [0, 0.1) is 6.92 Å². The molecule has 0 atom stereocenters. The Labute approximate surface area is 128 Å². The number of benzene rings is 1.